The van der Waals surface area contributed by atoms with Crippen molar-refractivity contribution in [3.8, 4) is 0 Å². The molecular formula is C9H20N2O7. The fourth-order valence-electron chi connectivity index (χ4n) is 1.05. The fourth-order valence-corrected chi connectivity index (χ4v) is 1.05. The quantitative estimate of drug-likeness (QED) is 0.221. The topological polar surface area (TPSA) is 163 Å². The molecule has 0 bridgehead atoms. The van der Waals surface area contributed by atoms with Gasteiger partial charge in [-0.25, -0.2) is 4.79 Å². The number of carbonyl (C=O) groups excluding carboxylic acids is 1. The van der Waals surface area contributed by atoms with Crippen LogP contribution >= 0.6 is 0 Å². The summed E-state index contributed by atoms with van der Waals surface area (Å²) >= 11 is 0. The fraction of sp³-hybridized carbons (Fsp3) is 0.889. The molecule has 2 amide bonds. The highest BCUT2D eigenvalue weighted by atomic mass is 16.3. The molecule has 0 aromatic carbocycles. The summed E-state index contributed by atoms with van der Waals surface area (Å²) < 4.78 is 0. The molecule has 0 atom stereocenters. The summed E-state index contributed by atoms with van der Waals surface area (Å²) in [7, 11) is 0. The normalized spacial score (nSPS) is 12.3. The number of urea groups is 1. The van der Waals surface area contributed by atoms with Gasteiger partial charge in [-0.15, -0.1) is 0 Å². The van der Waals surface area contributed by atoms with Gasteiger partial charge in [0.1, 0.15) is 11.1 Å². The average Bonchev–Trinajstić information content (AvgIpc) is 2.42. The van der Waals surface area contributed by atoms with Crippen molar-refractivity contribution in [3.63, 3.8) is 0 Å². The van der Waals surface area contributed by atoms with E-state index >= 15 is 0 Å². The second-order valence-electron chi connectivity index (χ2n) is 4.09. The predicted molar refractivity (Wildman–Crippen MR) is 59.6 cm³/mol. The zero-order chi connectivity index (χ0) is 14.2. The molecule has 0 rings (SSSR count). The van der Waals surface area contributed by atoms with Crippen LogP contribution < -0.4 is 10.6 Å². The smallest absolute Gasteiger partial charge is 0.316 e. The summed E-state index contributed by atoms with van der Waals surface area (Å²) in [6.07, 6.45) is 0. The summed E-state index contributed by atoms with van der Waals surface area (Å²) in [6.45, 7) is -4.26. The van der Waals surface area contributed by atoms with E-state index in [2.05, 4.69) is 10.6 Å². The van der Waals surface area contributed by atoms with E-state index in [1.54, 1.807) is 0 Å². The van der Waals surface area contributed by atoms with Crippen molar-refractivity contribution >= 4 is 6.03 Å². The van der Waals surface area contributed by atoms with Gasteiger partial charge in [-0.05, 0) is 0 Å². The van der Waals surface area contributed by atoms with Crippen molar-refractivity contribution in [2.45, 2.75) is 11.1 Å². The summed E-state index contributed by atoms with van der Waals surface area (Å²) in [5, 5.41) is 58.1. The second-order valence-corrected chi connectivity index (χ2v) is 4.09. The van der Waals surface area contributed by atoms with Crippen LogP contribution in [0.3, 0.4) is 0 Å². The van der Waals surface area contributed by atoms with Gasteiger partial charge >= 0.3 is 6.03 Å². The molecule has 9 nitrogen and oxygen atoms in total. The Kier molecular flexibility index (Phi) is 7.06. The molecule has 0 spiro atoms. The molecule has 0 heterocycles. The molecule has 0 aliphatic heterocycles. The van der Waals surface area contributed by atoms with Gasteiger partial charge < -0.3 is 41.3 Å². The van der Waals surface area contributed by atoms with Crippen LogP contribution in [0.4, 0.5) is 4.79 Å². The van der Waals surface area contributed by atoms with Crippen LogP contribution in [0.2, 0.25) is 0 Å². The number of amides is 2. The summed E-state index contributed by atoms with van der Waals surface area (Å²) in [4.78, 5) is 11.5. The van der Waals surface area contributed by atoms with Crippen molar-refractivity contribution in [2.75, 3.05) is 39.6 Å². The lowest BCUT2D eigenvalue weighted by atomic mass is 10.0. The minimum absolute atomic E-state index is 0.711. The lowest BCUT2D eigenvalue weighted by Crippen LogP contribution is -2.65. The molecule has 0 saturated heterocycles. The SMILES string of the molecule is O=C(NC(CO)(CO)CO)NC(CO)(CO)CO. The Bertz CT molecular complexity index is 213. The minimum Gasteiger partial charge on any atom is -0.394 e. The molecule has 108 valence electrons. The first kappa shape index (κ1) is 17.0. The third kappa shape index (κ3) is 4.05. The molecule has 0 unspecified atom stereocenters. The Morgan fingerprint density at radius 1 is 0.667 bits per heavy atom. The van der Waals surface area contributed by atoms with Crippen LogP contribution in [0.1, 0.15) is 0 Å². The lowest BCUT2D eigenvalue weighted by Gasteiger charge is -2.33. The maximum Gasteiger partial charge on any atom is 0.316 e. The molecule has 9 heteroatoms. The van der Waals surface area contributed by atoms with Crippen molar-refractivity contribution in [1.82, 2.24) is 10.6 Å². The first-order valence-corrected chi connectivity index (χ1v) is 5.22. The zero-order valence-corrected chi connectivity index (χ0v) is 9.83. The molecule has 18 heavy (non-hydrogen) atoms. The van der Waals surface area contributed by atoms with Gasteiger partial charge in [0.25, 0.3) is 0 Å². The van der Waals surface area contributed by atoms with E-state index in [4.69, 9.17) is 30.6 Å². The number of rotatable bonds is 8. The molecule has 0 fully saturated rings. The first-order chi connectivity index (χ1) is 8.46. The van der Waals surface area contributed by atoms with Crippen molar-refractivity contribution in [3.05, 3.63) is 0 Å². The van der Waals surface area contributed by atoms with Crippen LogP contribution in [-0.4, -0.2) is 87.4 Å². The monoisotopic (exact) mass is 268 g/mol. The highest BCUT2D eigenvalue weighted by molar-refractivity contribution is 5.76. The molecular weight excluding hydrogens is 248 g/mol. The summed E-state index contributed by atoms with van der Waals surface area (Å²) in [5.41, 5.74) is -3.26. The van der Waals surface area contributed by atoms with Crippen molar-refractivity contribution in [1.29, 1.82) is 0 Å². The van der Waals surface area contributed by atoms with Gasteiger partial charge in [-0.3, -0.25) is 0 Å². The maximum atomic E-state index is 11.5. The third-order valence-electron chi connectivity index (χ3n) is 2.57. The standard InChI is InChI=1S/C9H20N2O7/c12-1-8(2-13,3-14)10-7(18)11-9(4-15,5-16)6-17/h12-17H,1-6H2,(H2,10,11,18). The average molecular weight is 268 g/mol. The van der Waals surface area contributed by atoms with Crippen molar-refractivity contribution < 1.29 is 35.4 Å². The highest BCUT2D eigenvalue weighted by Crippen LogP contribution is 2.04. The number of aliphatic hydroxyl groups excluding tert-OH is 6. The number of hydrogen-bond donors (Lipinski definition) is 8. The number of nitrogens with one attached hydrogen (secondary N) is 2. The molecule has 0 aromatic rings. The van der Waals surface area contributed by atoms with E-state index < -0.39 is 56.8 Å². The lowest BCUT2D eigenvalue weighted by molar-refractivity contribution is 0.0347. The molecule has 0 aromatic heterocycles. The van der Waals surface area contributed by atoms with Crippen LogP contribution in [0.25, 0.3) is 0 Å². The number of carbonyl (C=O) groups is 1. The van der Waals surface area contributed by atoms with E-state index in [0.717, 1.165) is 0 Å². The third-order valence-corrected chi connectivity index (χ3v) is 2.57. The largest absolute Gasteiger partial charge is 0.394 e. The Hall–Kier alpha value is -0.970. The minimum atomic E-state index is -1.63. The van der Waals surface area contributed by atoms with Gasteiger partial charge in [0.05, 0.1) is 39.6 Å². The Morgan fingerprint density at radius 3 is 1.06 bits per heavy atom. The summed E-state index contributed by atoms with van der Waals surface area (Å²) in [5.74, 6) is 0. The highest BCUT2D eigenvalue weighted by Gasteiger charge is 2.34. The first-order valence-electron chi connectivity index (χ1n) is 5.22. The Labute approximate surface area is 104 Å². The van der Waals surface area contributed by atoms with E-state index in [9.17, 15) is 4.79 Å². The van der Waals surface area contributed by atoms with E-state index in [0.29, 0.717) is 0 Å². The summed E-state index contributed by atoms with van der Waals surface area (Å²) in [6, 6.07) is -0.968. The molecule has 0 aliphatic carbocycles. The Morgan fingerprint density at radius 2 is 0.889 bits per heavy atom. The van der Waals surface area contributed by atoms with E-state index in [1.165, 1.54) is 0 Å². The molecule has 8 N–H and O–H groups in total. The van der Waals surface area contributed by atoms with Crippen LogP contribution in [0, 0.1) is 0 Å². The predicted octanol–water partition coefficient (Wildman–Crippen LogP) is -4.28. The zero-order valence-electron chi connectivity index (χ0n) is 9.83. The number of hydrogen-bond acceptors (Lipinski definition) is 7. The van der Waals surface area contributed by atoms with Crippen LogP contribution in [0.15, 0.2) is 0 Å². The van der Waals surface area contributed by atoms with Gasteiger partial charge in [-0.1, -0.05) is 0 Å². The van der Waals surface area contributed by atoms with E-state index in [1.807, 2.05) is 0 Å². The molecule has 0 radical (unpaired) electrons. The second kappa shape index (κ2) is 7.46. The Balaban J connectivity index is 4.67. The molecule has 0 saturated carbocycles. The molecule has 0 aliphatic rings. The van der Waals surface area contributed by atoms with Gasteiger partial charge in [0.15, 0.2) is 0 Å². The van der Waals surface area contributed by atoms with Crippen LogP contribution in [-0.2, 0) is 0 Å². The van der Waals surface area contributed by atoms with E-state index in [-0.39, 0.29) is 0 Å². The van der Waals surface area contributed by atoms with Gasteiger partial charge in [-0.2, -0.15) is 0 Å². The number of aliphatic hydroxyl groups is 6. The van der Waals surface area contributed by atoms with Gasteiger partial charge in [0, 0.05) is 0 Å². The van der Waals surface area contributed by atoms with Crippen molar-refractivity contribution in [2.24, 2.45) is 0 Å². The maximum absolute atomic E-state index is 11.5. The van der Waals surface area contributed by atoms with Gasteiger partial charge in [0.2, 0.25) is 0 Å². The van der Waals surface area contributed by atoms with Crippen LogP contribution in [0.5, 0.6) is 0 Å².